The van der Waals surface area contributed by atoms with E-state index in [9.17, 15) is 4.79 Å². The van der Waals surface area contributed by atoms with E-state index in [-0.39, 0.29) is 18.9 Å². The predicted octanol–water partition coefficient (Wildman–Crippen LogP) is 5.85. The molecule has 2 aromatic heterocycles. The molecule has 5 aromatic rings. The van der Waals surface area contributed by atoms with Crippen molar-refractivity contribution in [3.8, 4) is 28.8 Å². The molecule has 9 nitrogen and oxygen atoms in total. The number of nitrogens with one attached hydrogen (secondary N) is 1. The number of hydrogen-bond acceptors (Lipinski definition) is 5. The van der Waals surface area contributed by atoms with Gasteiger partial charge in [0.05, 0.1) is 36.8 Å². The Morgan fingerprint density at radius 3 is 2.58 bits per heavy atom. The average Bonchev–Trinajstić information content (AvgIpc) is 3.70. The number of aromatic nitrogens is 3. The minimum atomic E-state index is -0.383. The van der Waals surface area contributed by atoms with Crippen molar-refractivity contribution in [2.45, 2.75) is 19.5 Å². The molecule has 3 aromatic carbocycles. The zero-order chi connectivity index (χ0) is 27.2. The van der Waals surface area contributed by atoms with Gasteiger partial charge < -0.3 is 29.0 Å². The number of amides is 2. The smallest absolute Gasteiger partial charge is 0.322 e. The van der Waals surface area contributed by atoms with Gasteiger partial charge in [-0.2, -0.15) is 5.10 Å². The first-order valence-corrected chi connectivity index (χ1v) is 13.0. The Balaban J connectivity index is 1.37. The minimum Gasteiger partial charge on any atom is -0.497 e. The van der Waals surface area contributed by atoms with E-state index >= 15 is 0 Å². The second-order valence-corrected chi connectivity index (χ2v) is 9.74. The monoisotopic (exact) mass is 533 g/mol. The van der Waals surface area contributed by atoms with Gasteiger partial charge in [0.2, 0.25) is 6.79 Å². The van der Waals surface area contributed by atoms with Gasteiger partial charge in [-0.3, -0.25) is 0 Å². The lowest BCUT2D eigenvalue weighted by Gasteiger charge is -2.31. The second-order valence-electron chi connectivity index (χ2n) is 9.74. The van der Waals surface area contributed by atoms with Crippen LogP contribution < -0.4 is 19.5 Å². The van der Waals surface area contributed by atoms with E-state index in [1.807, 2.05) is 89.4 Å². The van der Waals surface area contributed by atoms with Crippen LogP contribution in [0.3, 0.4) is 0 Å². The lowest BCUT2D eigenvalue weighted by Crippen LogP contribution is -2.38. The summed E-state index contributed by atoms with van der Waals surface area (Å²) in [6.07, 6.45) is 2.03. The molecule has 2 amide bonds. The normalized spacial score (nSPS) is 15.2. The van der Waals surface area contributed by atoms with Crippen molar-refractivity contribution in [1.29, 1.82) is 0 Å². The van der Waals surface area contributed by atoms with Crippen LogP contribution in [0.15, 0.2) is 91.1 Å². The number of carbonyl (C=O) groups excluding carboxylic acids is 1. The zero-order valence-electron chi connectivity index (χ0n) is 22.1. The van der Waals surface area contributed by atoms with Crippen molar-refractivity contribution in [3.63, 3.8) is 0 Å². The number of rotatable bonds is 4. The molecule has 2 aliphatic rings. The fourth-order valence-electron chi connectivity index (χ4n) is 5.46. The molecule has 9 heteroatoms. The average molecular weight is 534 g/mol. The number of nitrogens with zero attached hydrogens (tertiary/aromatic N) is 4. The number of methoxy groups -OCH3 is 1. The van der Waals surface area contributed by atoms with E-state index in [0.29, 0.717) is 23.7 Å². The van der Waals surface area contributed by atoms with Gasteiger partial charge in [-0.05, 0) is 61.0 Å². The number of carbonyl (C=O) groups is 1. The molecule has 0 aliphatic carbocycles. The fourth-order valence-corrected chi connectivity index (χ4v) is 5.46. The number of ether oxygens (including phenoxy) is 3. The molecule has 0 radical (unpaired) electrons. The van der Waals surface area contributed by atoms with Crippen molar-refractivity contribution >= 4 is 11.7 Å². The Bertz CT molecular complexity index is 1710. The van der Waals surface area contributed by atoms with Crippen LogP contribution >= 0.6 is 0 Å². The van der Waals surface area contributed by atoms with Crippen molar-refractivity contribution in [3.05, 3.63) is 114 Å². The van der Waals surface area contributed by atoms with Gasteiger partial charge in [-0.25, -0.2) is 9.48 Å². The Hall–Kier alpha value is -5.18. The van der Waals surface area contributed by atoms with E-state index in [2.05, 4.69) is 16.0 Å². The Kier molecular flexibility index (Phi) is 5.70. The van der Waals surface area contributed by atoms with Crippen LogP contribution in [-0.4, -0.2) is 39.2 Å². The van der Waals surface area contributed by atoms with Crippen LogP contribution in [0.2, 0.25) is 0 Å². The molecule has 4 heterocycles. The molecule has 0 bridgehead atoms. The number of aryl methyl sites for hydroxylation is 1. The van der Waals surface area contributed by atoms with Crippen LogP contribution in [0.1, 0.15) is 28.6 Å². The Morgan fingerprint density at radius 1 is 0.975 bits per heavy atom. The molecule has 0 fully saturated rings. The third kappa shape index (κ3) is 3.94. The van der Waals surface area contributed by atoms with Crippen LogP contribution in [0, 0.1) is 6.92 Å². The van der Waals surface area contributed by atoms with E-state index in [1.54, 1.807) is 19.2 Å². The van der Waals surface area contributed by atoms with Crippen molar-refractivity contribution in [2.24, 2.45) is 0 Å². The summed E-state index contributed by atoms with van der Waals surface area (Å²) in [5.41, 5.74) is 5.31. The maximum absolute atomic E-state index is 14.1. The lowest BCUT2D eigenvalue weighted by atomic mass is 10.0. The topological polar surface area (TPSA) is 82.8 Å². The summed E-state index contributed by atoms with van der Waals surface area (Å²) in [6.45, 7) is 2.51. The highest BCUT2D eigenvalue weighted by atomic mass is 16.7. The highest BCUT2D eigenvalue weighted by Crippen LogP contribution is 2.40. The van der Waals surface area contributed by atoms with Crippen molar-refractivity contribution in [2.75, 3.05) is 19.2 Å². The summed E-state index contributed by atoms with van der Waals surface area (Å²) in [5, 5.41) is 8.00. The fraction of sp³-hybridized carbons (Fsp3) is 0.161. The third-order valence-corrected chi connectivity index (χ3v) is 7.40. The number of urea groups is 1. The summed E-state index contributed by atoms with van der Waals surface area (Å²) >= 11 is 0. The zero-order valence-corrected chi connectivity index (χ0v) is 22.1. The number of benzene rings is 3. The van der Waals surface area contributed by atoms with Gasteiger partial charge in [0.15, 0.2) is 11.5 Å². The summed E-state index contributed by atoms with van der Waals surface area (Å²) in [6, 6.07) is 26.8. The number of para-hydroxylation sites is 1. The van der Waals surface area contributed by atoms with E-state index in [1.165, 1.54) is 0 Å². The number of fused-ring (bicyclic) bond motifs is 4. The summed E-state index contributed by atoms with van der Waals surface area (Å²) < 4.78 is 20.5. The van der Waals surface area contributed by atoms with E-state index in [0.717, 1.165) is 39.8 Å². The largest absolute Gasteiger partial charge is 0.497 e. The molecule has 0 saturated carbocycles. The lowest BCUT2D eigenvalue weighted by molar-refractivity contribution is 0.174. The molecule has 1 atom stereocenters. The van der Waals surface area contributed by atoms with Crippen molar-refractivity contribution < 1.29 is 19.0 Å². The molecular formula is C31H27N5O4. The SMILES string of the molecule is COc1ccc(C2c3cccn3-c3c(c(C)nn3-c3ccccc3)CN2C(=O)Nc2ccc3c(c2)OCO3)cc1. The first kappa shape index (κ1) is 23.9. The summed E-state index contributed by atoms with van der Waals surface area (Å²) in [4.78, 5) is 16.0. The van der Waals surface area contributed by atoms with Gasteiger partial charge in [0.1, 0.15) is 11.6 Å². The van der Waals surface area contributed by atoms with Crippen LogP contribution in [0.25, 0.3) is 11.5 Å². The first-order valence-electron chi connectivity index (χ1n) is 13.0. The molecule has 0 saturated heterocycles. The second kappa shape index (κ2) is 9.53. The highest BCUT2D eigenvalue weighted by Gasteiger charge is 2.36. The van der Waals surface area contributed by atoms with Gasteiger partial charge in [-0.1, -0.05) is 30.3 Å². The van der Waals surface area contributed by atoms with Crippen LogP contribution in [0.4, 0.5) is 10.5 Å². The van der Waals surface area contributed by atoms with Gasteiger partial charge in [-0.15, -0.1) is 0 Å². The standard InChI is InChI=1S/C31H27N5O4/c1-20-25-18-35(31(37)32-22-12-15-27-28(17-22)40-19-39-27)29(21-10-13-24(38-2)14-11-21)26-9-6-16-34(26)30(25)36(33-20)23-7-4-3-5-8-23/h3-17,29H,18-19H2,1-2H3,(H,32,37). The van der Waals surface area contributed by atoms with Gasteiger partial charge in [0.25, 0.3) is 0 Å². The van der Waals surface area contributed by atoms with Gasteiger partial charge >= 0.3 is 6.03 Å². The third-order valence-electron chi connectivity index (χ3n) is 7.40. The van der Waals surface area contributed by atoms with Crippen molar-refractivity contribution in [1.82, 2.24) is 19.2 Å². The molecule has 2 aliphatic heterocycles. The Labute approximate surface area is 231 Å². The molecule has 0 spiro atoms. The minimum absolute atomic E-state index is 0.169. The van der Waals surface area contributed by atoms with Crippen LogP contribution in [-0.2, 0) is 6.54 Å². The Morgan fingerprint density at radius 2 is 1.77 bits per heavy atom. The van der Waals surface area contributed by atoms with E-state index < -0.39 is 0 Å². The number of hydrogen-bond donors (Lipinski definition) is 1. The molecule has 1 N–H and O–H groups in total. The maximum atomic E-state index is 14.1. The van der Waals surface area contributed by atoms with Gasteiger partial charge in [0, 0.05) is 23.5 Å². The van der Waals surface area contributed by atoms with Crippen LogP contribution in [0.5, 0.6) is 17.2 Å². The molecule has 7 rings (SSSR count). The maximum Gasteiger partial charge on any atom is 0.322 e. The molecule has 200 valence electrons. The summed E-state index contributed by atoms with van der Waals surface area (Å²) in [5.74, 6) is 2.94. The molecule has 1 unspecified atom stereocenters. The first-order chi connectivity index (χ1) is 19.6. The quantitative estimate of drug-likeness (QED) is 0.314. The molecular weight excluding hydrogens is 506 g/mol. The number of anilines is 1. The predicted molar refractivity (Wildman–Crippen MR) is 150 cm³/mol. The highest BCUT2D eigenvalue weighted by molar-refractivity contribution is 5.90. The molecule has 40 heavy (non-hydrogen) atoms. The summed E-state index contributed by atoms with van der Waals surface area (Å²) in [7, 11) is 1.64. The van der Waals surface area contributed by atoms with E-state index in [4.69, 9.17) is 19.3 Å².